The molecule has 2 aliphatic rings. The molecule has 0 saturated carbocycles. The maximum Gasteiger partial charge on any atom is 0.0504 e. The number of H-pyrrole nitrogens is 1. The van der Waals surface area contributed by atoms with Gasteiger partial charge in [0.05, 0.1) is 6.04 Å². The molecular formula is C19H24N2O. The first kappa shape index (κ1) is 14.0. The summed E-state index contributed by atoms with van der Waals surface area (Å²) in [7, 11) is 0. The summed E-state index contributed by atoms with van der Waals surface area (Å²) in [4.78, 5) is 6.30. The molecule has 3 atom stereocenters. The third kappa shape index (κ3) is 2.11. The first-order chi connectivity index (χ1) is 10.8. The Bertz CT molecular complexity index is 690. The topological polar surface area (TPSA) is 39.3 Å². The van der Waals surface area contributed by atoms with Gasteiger partial charge < -0.3 is 10.1 Å². The van der Waals surface area contributed by atoms with E-state index in [2.05, 4.69) is 40.7 Å². The van der Waals surface area contributed by atoms with Crippen LogP contribution in [0.2, 0.25) is 0 Å². The maximum absolute atomic E-state index is 9.59. The molecule has 3 nitrogen and oxygen atoms in total. The molecule has 0 radical (unpaired) electrons. The monoisotopic (exact) mass is 296 g/mol. The Kier molecular flexibility index (Phi) is 3.55. The summed E-state index contributed by atoms with van der Waals surface area (Å²) in [6.45, 7) is 6.42. The second-order valence-corrected chi connectivity index (χ2v) is 6.73. The number of piperidine rings is 1. The zero-order valence-corrected chi connectivity index (χ0v) is 13.0. The maximum atomic E-state index is 9.59. The van der Waals surface area contributed by atoms with Gasteiger partial charge in [-0.3, -0.25) is 4.90 Å². The molecule has 2 aromatic rings. The van der Waals surface area contributed by atoms with Crippen molar-refractivity contribution in [1.82, 2.24) is 9.88 Å². The third-order valence-corrected chi connectivity index (χ3v) is 5.70. The van der Waals surface area contributed by atoms with Gasteiger partial charge in [0.2, 0.25) is 0 Å². The van der Waals surface area contributed by atoms with Gasteiger partial charge in [0.1, 0.15) is 0 Å². The van der Waals surface area contributed by atoms with E-state index < -0.39 is 0 Å². The number of aromatic amines is 1. The number of rotatable bonds is 3. The highest BCUT2D eigenvalue weighted by Gasteiger charge is 2.37. The minimum atomic E-state index is 0.223. The SMILES string of the molecule is C=C[C@H](CO)C1CCN2CCc3c([nH]c4ccccc34)[C@@H]2C1. The highest BCUT2D eigenvalue weighted by atomic mass is 16.3. The van der Waals surface area contributed by atoms with Crippen molar-refractivity contribution < 1.29 is 5.11 Å². The average Bonchev–Trinajstić information content (AvgIpc) is 2.95. The van der Waals surface area contributed by atoms with Gasteiger partial charge in [-0.25, -0.2) is 0 Å². The number of aliphatic hydroxyl groups excluding tert-OH is 1. The van der Waals surface area contributed by atoms with Gasteiger partial charge in [-0.2, -0.15) is 0 Å². The van der Waals surface area contributed by atoms with Crippen LogP contribution in [0.3, 0.4) is 0 Å². The molecule has 2 N–H and O–H groups in total. The predicted octanol–water partition coefficient (Wildman–Crippen LogP) is 3.27. The van der Waals surface area contributed by atoms with Crippen molar-refractivity contribution in [2.75, 3.05) is 19.7 Å². The van der Waals surface area contributed by atoms with Crippen LogP contribution in [0, 0.1) is 11.8 Å². The lowest BCUT2D eigenvalue weighted by Crippen LogP contribution is -2.43. The fourth-order valence-corrected chi connectivity index (χ4v) is 4.44. The van der Waals surface area contributed by atoms with Gasteiger partial charge in [-0.1, -0.05) is 24.3 Å². The summed E-state index contributed by atoms with van der Waals surface area (Å²) in [6, 6.07) is 9.13. The van der Waals surface area contributed by atoms with Crippen LogP contribution in [0.4, 0.5) is 0 Å². The van der Waals surface area contributed by atoms with Crippen LogP contribution in [0.5, 0.6) is 0 Å². The Morgan fingerprint density at radius 1 is 1.36 bits per heavy atom. The zero-order chi connectivity index (χ0) is 15.1. The number of hydrogen-bond acceptors (Lipinski definition) is 2. The van der Waals surface area contributed by atoms with E-state index in [0.29, 0.717) is 12.0 Å². The molecule has 0 bridgehead atoms. The Morgan fingerprint density at radius 3 is 3.05 bits per heavy atom. The Morgan fingerprint density at radius 2 is 2.23 bits per heavy atom. The first-order valence-electron chi connectivity index (χ1n) is 8.38. The Balaban J connectivity index is 1.70. The first-order valence-corrected chi connectivity index (χ1v) is 8.38. The number of nitrogens with one attached hydrogen (secondary N) is 1. The molecule has 1 unspecified atom stereocenters. The number of aromatic nitrogens is 1. The molecule has 1 aromatic heterocycles. The smallest absolute Gasteiger partial charge is 0.0504 e. The van der Waals surface area contributed by atoms with Crippen LogP contribution in [-0.2, 0) is 6.42 Å². The van der Waals surface area contributed by atoms with E-state index in [4.69, 9.17) is 0 Å². The summed E-state index contributed by atoms with van der Waals surface area (Å²) in [5.41, 5.74) is 4.19. The van der Waals surface area contributed by atoms with E-state index in [-0.39, 0.29) is 12.5 Å². The molecule has 0 spiro atoms. The second kappa shape index (κ2) is 5.56. The molecule has 2 aliphatic heterocycles. The molecule has 0 amide bonds. The van der Waals surface area contributed by atoms with Crippen molar-refractivity contribution >= 4 is 10.9 Å². The van der Waals surface area contributed by atoms with Gasteiger partial charge in [0.25, 0.3) is 0 Å². The minimum absolute atomic E-state index is 0.223. The summed E-state index contributed by atoms with van der Waals surface area (Å²) in [5, 5.41) is 11.0. The quantitative estimate of drug-likeness (QED) is 0.853. The highest BCUT2D eigenvalue weighted by molar-refractivity contribution is 5.85. The molecule has 1 aromatic carbocycles. The number of nitrogens with zero attached hydrogens (tertiary/aromatic N) is 1. The van der Waals surface area contributed by atoms with Crippen molar-refractivity contribution in [3.8, 4) is 0 Å². The van der Waals surface area contributed by atoms with Gasteiger partial charge in [0, 0.05) is 35.7 Å². The van der Waals surface area contributed by atoms with Crippen LogP contribution < -0.4 is 0 Å². The van der Waals surface area contributed by atoms with Crippen LogP contribution in [0.25, 0.3) is 10.9 Å². The van der Waals surface area contributed by atoms with Crippen LogP contribution >= 0.6 is 0 Å². The van der Waals surface area contributed by atoms with Gasteiger partial charge >= 0.3 is 0 Å². The van der Waals surface area contributed by atoms with Crippen LogP contribution in [0.15, 0.2) is 36.9 Å². The fourth-order valence-electron chi connectivity index (χ4n) is 4.44. The van der Waals surface area contributed by atoms with E-state index in [0.717, 1.165) is 25.9 Å². The zero-order valence-electron chi connectivity index (χ0n) is 13.0. The van der Waals surface area contributed by atoms with Crippen molar-refractivity contribution in [3.05, 3.63) is 48.2 Å². The molecule has 116 valence electrons. The largest absolute Gasteiger partial charge is 0.396 e. The van der Waals surface area contributed by atoms with E-state index in [9.17, 15) is 5.11 Å². The van der Waals surface area contributed by atoms with Gasteiger partial charge in [0.15, 0.2) is 0 Å². The normalized spacial score (nSPS) is 26.4. The number of aliphatic hydroxyl groups is 1. The summed E-state index contributed by atoms with van der Waals surface area (Å²) in [6.07, 6.45) is 5.38. The molecule has 3 heterocycles. The van der Waals surface area contributed by atoms with E-state index in [1.165, 1.54) is 28.6 Å². The van der Waals surface area contributed by atoms with Crippen molar-refractivity contribution in [3.63, 3.8) is 0 Å². The summed E-state index contributed by atoms with van der Waals surface area (Å²) >= 11 is 0. The summed E-state index contributed by atoms with van der Waals surface area (Å²) in [5.74, 6) is 0.776. The van der Waals surface area contributed by atoms with Gasteiger partial charge in [-0.05, 0) is 43.4 Å². The molecule has 1 fully saturated rings. The van der Waals surface area contributed by atoms with Crippen molar-refractivity contribution in [2.24, 2.45) is 11.8 Å². The van der Waals surface area contributed by atoms with E-state index >= 15 is 0 Å². The molecule has 0 aliphatic carbocycles. The van der Waals surface area contributed by atoms with Gasteiger partial charge in [-0.15, -0.1) is 6.58 Å². The minimum Gasteiger partial charge on any atom is -0.396 e. The average molecular weight is 296 g/mol. The standard InChI is InChI=1S/C19H24N2O/c1-2-13(12-22)14-7-9-21-10-8-16-15-5-3-4-6-17(15)20-19(16)18(21)11-14/h2-6,13-14,18,20,22H,1,7-12H2/t13-,14?,18+/m1/s1. The molecule has 1 saturated heterocycles. The van der Waals surface area contributed by atoms with Crippen molar-refractivity contribution in [1.29, 1.82) is 0 Å². The highest BCUT2D eigenvalue weighted by Crippen LogP contribution is 2.42. The molecule has 22 heavy (non-hydrogen) atoms. The van der Waals surface area contributed by atoms with Crippen LogP contribution in [-0.4, -0.2) is 34.7 Å². The lowest BCUT2D eigenvalue weighted by molar-refractivity contribution is 0.0704. The Hall–Kier alpha value is -1.58. The number of hydrogen-bond donors (Lipinski definition) is 2. The van der Waals surface area contributed by atoms with E-state index in [1.807, 2.05) is 6.08 Å². The Labute approximate surface area is 131 Å². The molecular weight excluding hydrogens is 272 g/mol. The number of para-hydroxylation sites is 1. The van der Waals surface area contributed by atoms with Crippen molar-refractivity contribution in [2.45, 2.75) is 25.3 Å². The van der Waals surface area contributed by atoms with Crippen LogP contribution in [0.1, 0.15) is 30.1 Å². The fraction of sp³-hybridized carbons (Fsp3) is 0.474. The van der Waals surface area contributed by atoms with E-state index in [1.54, 1.807) is 0 Å². The lowest BCUT2D eigenvalue weighted by atomic mass is 9.78. The second-order valence-electron chi connectivity index (χ2n) is 6.73. The predicted molar refractivity (Wildman–Crippen MR) is 89.8 cm³/mol. The molecule has 4 rings (SSSR count). The number of benzene rings is 1. The molecule has 3 heteroatoms. The third-order valence-electron chi connectivity index (χ3n) is 5.70. The lowest BCUT2D eigenvalue weighted by Gasteiger charge is -2.43. The summed E-state index contributed by atoms with van der Waals surface area (Å²) < 4.78 is 0. The number of fused-ring (bicyclic) bond motifs is 5.